The Kier molecular flexibility index (Phi) is 6.34. The van der Waals surface area contributed by atoms with E-state index in [0.29, 0.717) is 11.4 Å². The van der Waals surface area contributed by atoms with Gasteiger partial charge >= 0.3 is 12.2 Å². The second-order valence-electron chi connectivity index (χ2n) is 8.65. The molecule has 0 bridgehead atoms. The molecule has 2 heterocycles. The molecule has 4 rings (SSSR count). The van der Waals surface area contributed by atoms with Gasteiger partial charge in [0, 0.05) is 25.3 Å². The van der Waals surface area contributed by atoms with Crippen molar-refractivity contribution in [2.45, 2.75) is 37.5 Å². The lowest BCUT2D eigenvalue weighted by molar-refractivity contribution is -0.198. The minimum atomic E-state index is -4.99. The van der Waals surface area contributed by atoms with Crippen LogP contribution in [0, 0.1) is 0 Å². The number of anilines is 1. The molecule has 2 saturated heterocycles. The first kappa shape index (κ1) is 23.1. The molecule has 2 aliphatic heterocycles. The van der Waals surface area contributed by atoms with Crippen molar-refractivity contribution in [1.29, 1.82) is 0 Å². The maximum atomic E-state index is 14.1. The Morgan fingerprint density at radius 3 is 2.21 bits per heavy atom. The summed E-state index contributed by atoms with van der Waals surface area (Å²) in [5.41, 5.74) is -1.31. The number of nitrogens with zero attached hydrogens (tertiary/aromatic N) is 3. The van der Waals surface area contributed by atoms with E-state index in [2.05, 4.69) is 4.90 Å². The summed E-state index contributed by atoms with van der Waals surface area (Å²) in [6.07, 6.45) is -1.38. The molecule has 0 spiro atoms. The Morgan fingerprint density at radius 2 is 1.61 bits per heavy atom. The number of carbonyl (C=O) groups is 2. The number of hydrogen-bond acceptors (Lipinski definition) is 4. The highest BCUT2D eigenvalue weighted by Crippen LogP contribution is 2.43. The first-order valence-corrected chi connectivity index (χ1v) is 11.0. The molecule has 2 aliphatic rings. The number of nitrogens with one attached hydrogen (secondary N) is 1. The molecule has 2 fully saturated rings. The van der Waals surface area contributed by atoms with Crippen LogP contribution >= 0.6 is 0 Å². The first-order chi connectivity index (χ1) is 15.7. The lowest BCUT2D eigenvalue weighted by Gasteiger charge is -2.30. The van der Waals surface area contributed by atoms with Crippen LogP contribution in [0.15, 0.2) is 54.6 Å². The normalized spacial score (nSPS) is 21.6. The quantitative estimate of drug-likeness (QED) is 0.661. The van der Waals surface area contributed by atoms with Crippen molar-refractivity contribution in [3.8, 4) is 0 Å². The molecular formula is C24H27F3N4O2. The van der Waals surface area contributed by atoms with E-state index in [0.717, 1.165) is 24.3 Å². The fourth-order valence-electron chi connectivity index (χ4n) is 4.51. The maximum Gasteiger partial charge on any atom is 0.425 e. The van der Waals surface area contributed by atoms with E-state index in [-0.39, 0.29) is 12.2 Å². The zero-order chi connectivity index (χ0) is 23.6. The molecule has 0 radical (unpaired) electrons. The van der Waals surface area contributed by atoms with E-state index in [1.165, 1.54) is 43.5 Å². The molecule has 0 saturated carbocycles. The van der Waals surface area contributed by atoms with Crippen LogP contribution in [0.25, 0.3) is 0 Å². The van der Waals surface area contributed by atoms with Gasteiger partial charge in [-0.05, 0) is 49.6 Å². The number of imide groups is 1. The Bertz CT molecular complexity index is 991. The lowest BCUT2D eigenvalue weighted by atomic mass is 9.89. The van der Waals surface area contributed by atoms with Gasteiger partial charge in [-0.15, -0.1) is 0 Å². The Balaban J connectivity index is 1.46. The summed E-state index contributed by atoms with van der Waals surface area (Å²) in [5, 5.41) is 1.92. The van der Waals surface area contributed by atoms with Gasteiger partial charge in [-0.3, -0.25) is 9.69 Å². The molecule has 0 aromatic heterocycles. The van der Waals surface area contributed by atoms with Crippen molar-refractivity contribution in [2.24, 2.45) is 0 Å². The Labute approximate surface area is 191 Å². The van der Waals surface area contributed by atoms with Crippen LogP contribution in [0.2, 0.25) is 0 Å². The summed E-state index contributed by atoms with van der Waals surface area (Å²) in [5.74, 6) is -1.32. The largest absolute Gasteiger partial charge is 0.425 e. The highest BCUT2D eigenvalue weighted by molar-refractivity contribution is 6.08. The van der Waals surface area contributed by atoms with Crippen molar-refractivity contribution in [2.75, 3.05) is 31.7 Å². The minimum absolute atomic E-state index is 0.261. The summed E-state index contributed by atoms with van der Waals surface area (Å²) in [6, 6.07) is 13.7. The monoisotopic (exact) mass is 460 g/mol. The zero-order valence-corrected chi connectivity index (χ0v) is 18.4. The molecule has 3 amide bonds. The van der Waals surface area contributed by atoms with E-state index in [1.54, 1.807) is 18.0 Å². The molecule has 1 N–H and O–H groups in total. The summed E-state index contributed by atoms with van der Waals surface area (Å²) in [6.45, 7) is 2.19. The molecule has 2 aromatic carbocycles. The fourth-order valence-corrected chi connectivity index (χ4v) is 4.51. The van der Waals surface area contributed by atoms with Gasteiger partial charge in [0.2, 0.25) is 5.54 Å². The van der Waals surface area contributed by atoms with E-state index in [4.69, 9.17) is 0 Å². The molecule has 1 atom stereocenters. The van der Waals surface area contributed by atoms with Gasteiger partial charge < -0.3 is 10.2 Å². The van der Waals surface area contributed by atoms with Crippen LogP contribution in [-0.4, -0.2) is 54.7 Å². The molecule has 0 aliphatic carbocycles. The third kappa shape index (κ3) is 4.42. The van der Waals surface area contributed by atoms with Crippen LogP contribution in [0.1, 0.15) is 30.4 Å². The number of benzene rings is 2. The number of carbonyl (C=O) groups excluding carboxylic acids is 2. The summed E-state index contributed by atoms with van der Waals surface area (Å²) in [7, 11) is 1.66. The third-order valence-electron chi connectivity index (χ3n) is 6.23. The SMILES string of the molecule is CN(Cc1ccc(N2CCCCC2)cc1)CN1C(=O)NC(c2ccccc2)(C(F)(F)F)C1=O. The summed E-state index contributed by atoms with van der Waals surface area (Å²) < 4.78 is 42.3. The van der Waals surface area contributed by atoms with E-state index in [1.807, 2.05) is 29.6 Å². The Hall–Kier alpha value is -3.07. The topological polar surface area (TPSA) is 55.9 Å². The molecule has 2 aromatic rings. The van der Waals surface area contributed by atoms with Gasteiger partial charge in [0.25, 0.3) is 5.91 Å². The van der Waals surface area contributed by atoms with Crippen molar-refractivity contribution >= 4 is 17.6 Å². The standard InChI is InChI=1S/C24H27F3N4O2/c1-29(16-18-10-12-20(13-11-18)30-14-6-3-7-15-30)17-31-21(32)23(24(25,26)27,28-22(31)33)19-8-4-2-5-9-19/h2,4-5,8-13H,3,6-7,14-17H2,1H3,(H,28,33). The zero-order valence-electron chi connectivity index (χ0n) is 18.4. The van der Waals surface area contributed by atoms with Crippen molar-refractivity contribution < 1.29 is 22.8 Å². The maximum absolute atomic E-state index is 14.1. The summed E-state index contributed by atoms with van der Waals surface area (Å²) in [4.78, 5) is 30.1. The van der Waals surface area contributed by atoms with Crippen molar-refractivity contribution in [3.05, 3.63) is 65.7 Å². The van der Waals surface area contributed by atoms with Crippen LogP contribution < -0.4 is 10.2 Å². The average Bonchev–Trinajstić information content (AvgIpc) is 3.06. The van der Waals surface area contributed by atoms with Crippen LogP contribution in [0.3, 0.4) is 0 Å². The second-order valence-corrected chi connectivity index (χ2v) is 8.65. The summed E-state index contributed by atoms with van der Waals surface area (Å²) >= 11 is 0. The van der Waals surface area contributed by atoms with E-state index < -0.39 is 23.7 Å². The average molecular weight is 461 g/mol. The number of piperidine rings is 1. The van der Waals surface area contributed by atoms with E-state index >= 15 is 0 Å². The number of urea groups is 1. The van der Waals surface area contributed by atoms with Gasteiger partial charge in [-0.2, -0.15) is 13.2 Å². The van der Waals surface area contributed by atoms with Gasteiger partial charge in [0.1, 0.15) is 0 Å². The molecule has 33 heavy (non-hydrogen) atoms. The molecular weight excluding hydrogens is 433 g/mol. The van der Waals surface area contributed by atoms with Crippen LogP contribution in [0.5, 0.6) is 0 Å². The Morgan fingerprint density at radius 1 is 0.970 bits per heavy atom. The minimum Gasteiger partial charge on any atom is -0.372 e. The van der Waals surface area contributed by atoms with E-state index in [9.17, 15) is 22.8 Å². The predicted molar refractivity (Wildman–Crippen MR) is 118 cm³/mol. The van der Waals surface area contributed by atoms with Gasteiger partial charge in [-0.25, -0.2) is 9.69 Å². The fraction of sp³-hybridized carbons (Fsp3) is 0.417. The molecule has 9 heteroatoms. The molecule has 1 unspecified atom stereocenters. The van der Waals surface area contributed by atoms with Gasteiger partial charge in [0.15, 0.2) is 0 Å². The number of rotatable bonds is 6. The van der Waals surface area contributed by atoms with Gasteiger partial charge in [-0.1, -0.05) is 42.5 Å². The highest BCUT2D eigenvalue weighted by Gasteiger charge is 2.68. The number of hydrogen-bond donors (Lipinski definition) is 1. The highest BCUT2D eigenvalue weighted by atomic mass is 19.4. The second kappa shape index (κ2) is 9.05. The van der Waals surface area contributed by atoms with Crippen LogP contribution in [0.4, 0.5) is 23.7 Å². The molecule has 6 nitrogen and oxygen atoms in total. The lowest BCUT2D eigenvalue weighted by Crippen LogP contribution is -2.56. The van der Waals surface area contributed by atoms with Gasteiger partial charge in [0.05, 0.1) is 6.67 Å². The van der Waals surface area contributed by atoms with Crippen LogP contribution in [-0.2, 0) is 16.9 Å². The number of halogens is 3. The van der Waals surface area contributed by atoms with Crippen molar-refractivity contribution in [3.63, 3.8) is 0 Å². The number of amides is 3. The smallest absolute Gasteiger partial charge is 0.372 e. The van der Waals surface area contributed by atoms with Crippen molar-refractivity contribution in [1.82, 2.24) is 15.1 Å². The molecule has 176 valence electrons. The third-order valence-corrected chi connectivity index (χ3v) is 6.23. The predicted octanol–water partition coefficient (Wildman–Crippen LogP) is 4.08. The number of alkyl halides is 3. The first-order valence-electron chi connectivity index (χ1n) is 11.0.